The number of halogens is 1. The van der Waals surface area contributed by atoms with Crippen LogP contribution in [-0.4, -0.2) is 43.2 Å². The summed E-state index contributed by atoms with van der Waals surface area (Å²) in [4.78, 5) is 13.5. The number of nitrogens with zero attached hydrogens (tertiary/aromatic N) is 1. The molecular formula is C23H29FN2O3. The van der Waals surface area contributed by atoms with Crippen molar-refractivity contribution in [3.05, 3.63) is 59.9 Å². The van der Waals surface area contributed by atoms with Crippen molar-refractivity contribution in [2.75, 3.05) is 32.1 Å². The molecule has 0 spiro atoms. The molecule has 1 amide bonds. The Morgan fingerprint density at radius 1 is 1.14 bits per heavy atom. The highest BCUT2D eigenvalue weighted by Crippen LogP contribution is 2.28. The number of hydrogen-bond donors (Lipinski definition) is 1. The maximum Gasteiger partial charge on any atom is 0.221 e. The van der Waals surface area contributed by atoms with Gasteiger partial charge in [0.15, 0.2) is 11.6 Å². The maximum atomic E-state index is 13.9. The molecule has 156 valence electrons. The Bertz CT molecular complexity index is 812. The molecule has 1 atom stereocenters. The van der Waals surface area contributed by atoms with Gasteiger partial charge in [0.25, 0.3) is 0 Å². The predicted molar refractivity (Wildman–Crippen MR) is 112 cm³/mol. The minimum atomic E-state index is -0.410. The van der Waals surface area contributed by atoms with Gasteiger partial charge >= 0.3 is 0 Å². The van der Waals surface area contributed by atoms with Gasteiger partial charge in [-0.05, 0) is 55.6 Å². The predicted octanol–water partition coefficient (Wildman–Crippen LogP) is 4.23. The van der Waals surface area contributed by atoms with Gasteiger partial charge < -0.3 is 14.8 Å². The van der Waals surface area contributed by atoms with E-state index in [0.29, 0.717) is 6.61 Å². The minimum absolute atomic E-state index is 0.0706. The van der Waals surface area contributed by atoms with Crippen LogP contribution in [0.25, 0.3) is 0 Å². The van der Waals surface area contributed by atoms with E-state index in [2.05, 4.69) is 10.2 Å². The molecule has 5 nitrogen and oxygen atoms in total. The Balaban J connectivity index is 1.56. The van der Waals surface area contributed by atoms with E-state index in [1.807, 2.05) is 24.3 Å². The lowest BCUT2D eigenvalue weighted by atomic mass is 9.95. The molecule has 0 unspecified atom stereocenters. The summed E-state index contributed by atoms with van der Waals surface area (Å²) < 4.78 is 25.5. The first-order valence-electron chi connectivity index (χ1n) is 10.0. The summed E-state index contributed by atoms with van der Waals surface area (Å²) in [5.74, 6) is -0.153. The number of anilines is 1. The molecule has 0 saturated carbocycles. The number of hydrogen-bond acceptors (Lipinski definition) is 4. The van der Waals surface area contributed by atoms with Crippen LogP contribution in [0.4, 0.5) is 10.1 Å². The normalized spacial score (nSPS) is 20.1. The second-order valence-corrected chi connectivity index (χ2v) is 7.61. The third-order valence-corrected chi connectivity index (χ3v) is 5.43. The quantitative estimate of drug-likeness (QED) is 0.756. The first kappa shape index (κ1) is 21.3. The number of para-hydroxylation sites is 1. The van der Waals surface area contributed by atoms with Crippen molar-refractivity contribution in [2.24, 2.45) is 0 Å². The van der Waals surface area contributed by atoms with Gasteiger partial charge in [-0.1, -0.05) is 24.3 Å². The maximum absolute atomic E-state index is 13.9. The van der Waals surface area contributed by atoms with Crippen LogP contribution in [0.2, 0.25) is 0 Å². The monoisotopic (exact) mass is 400 g/mol. The van der Waals surface area contributed by atoms with Crippen LogP contribution in [0, 0.1) is 5.82 Å². The molecule has 1 N–H and O–H groups in total. The Labute approximate surface area is 171 Å². The number of likely N-dealkylation sites (tertiary alicyclic amines) is 1. The first-order chi connectivity index (χ1) is 14.0. The van der Waals surface area contributed by atoms with Crippen molar-refractivity contribution in [2.45, 2.75) is 38.3 Å². The summed E-state index contributed by atoms with van der Waals surface area (Å²) >= 11 is 0. The fraction of sp³-hybridized carbons (Fsp3) is 0.435. The number of benzene rings is 2. The average molecular weight is 400 g/mol. The highest BCUT2D eigenvalue weighted by atomic mass is 19.1. The molecular weight excluding hydrogens is 371 g/mol. The van der Waals surface area contributed by atoms with Crippen LogP contribution in [-0.2, 0) is 16.1 Å². The molecule has 1 saturated heterocycles. The smallest absolute Gasteiger partial charge is 0.221 e. The van der Waals surface area contributed by atoms with Gasteiger partial charge in [-0.15, -0.1) is 0 Å². The highest BCUT2D eigenvalue weighted by molar-refractivity contribution is 5.88. The molecule has 0 aliphatic carbocycles. The Hall–Kier alpha value is -2.44. The zero-order chi connectivity index (χ0) is 20.7. The van der Waals surface area contributed by atoms with E-state index >= 15 is 0 Å². The average Bonchev–Trinajstić information content (AvgIpc) is 2.91. The minimum Gasteiger partial charge on any atom is -0.488 e. The summed E-state index contributed by atoms with van der Waals surface area (Å²) in [7, 11) is 1.71. The lowest BCUT2D eigenvalue weighted by molar-refractivity contribution is -0.114. The molecule has 6 heteroatoms. The van der Waals surface area contributed by atoms with Crippen LogP contribution >= 0.6 is 0 Å². The summed E-state index contributed by atoms with van der Waals surface area (Å²) in [6.45, 7) is 4.53. The summed E-state index contributed by atoms with van der Waals surface area (Å²) in [5.41, 5.74) is 1.60. The van der Waals surface area contributed by atoms with Crippen LogP contribution in [0.5, 0.6) is 5.75 Å². The number of amides is 1. The second-order valence-electron chi connectivity index (χ2n) is 7.61. The Kier molecular flexibility index (Phi) is 7.23. The third-order valence-electron chi connectivity index (χ3n) is 5.43. The Morgan fingerprint density at radius 3 is 2.59 bits per heavy atom. The van der Waals surface area contributed by atoms with E-state index in [0.717, 1.165) is 44.6 Å². The van der Waals surface area contributed by atoms with Gasteiger partial charge in [-0.25, -0.2) is 4.39 Å². The van der Waals surface area contributed by atoms with E-state index in [-0.39, 0.29) is 17.5 Å². The fourth-order valence-corrected chi connectivity index (χ4v) is 3.72. The number of carbonyl (C=O) groups excluding carboxylic acids is 1. The lowest BCUT2D eigenvalue weighted by Crippen LogP contribution is -2.39. The van der Waals surface area contributed by atoms with Gasteiger partial charge in [-0.2, -0.15) is 0 Å². The zero-order valence-corrected chi connectivity index (χ0v) is 17.1. The molecule has 1 fully saturated rings. The van der Waals surface area contributed by atoms with Gasteiger partial charge in [0, 0.05) is 32.8 Å². The molecule has 0 bridgehead atoms. The topological polar surface area (TPSA) is 50.8 Å². The van der Waals surface area contributed by atoms with E-state index in [9.17, 15) is 9.18 Å². The fourth-order valence-electron chi connectivity index (χ4n) is 3.72. The van der Waals surface area contributed by atoms with Gasteiger partial charge in [0.1, 0.15) is 12.2 Å². The molecule has 1 aliphatic rings. The van der Waals surface area contributed by atoms with E-state index in [1.165, 1.54) is 18.6 Å². The zero-order valence-electron chi connectivity index (χ0n) is 17.1. The van der Waals surface area contributed by atoms with Crippen LogP contribution in [0.1, 0.15) is 31.7 Å². The molecule has 0 radical (unpaired) electrons. The highest BCUT2D eigenvalue weighted by Gasteiger charge is 2.33. The van der Waals surface area contributed by atoms with Crippen molar-refractivity contribution >= 4 is 11.6 Å². The van der Waals surface area contributed by atoms with Crippen LogP contribution < -0.4 is 10.1 Å². The molecule has 0 aromatic heterocycles. The van der Waals surface area contributed by atoms with Crippen LogP contribution in [0.3, 0.4) is 0 Å². The van der Waals surface area contributed by atoms with Crippen molar-refractivity contribution < 1.29 is 18.7 Å². The summed E-state index contributed by atoms with van der Waals surface area (Å²) in [6.07, 6.45) is 2.68. The van der Waals surface area contributed by atoms with Crippen molar-refractivity contribution in [3.63, 3.8) is 0 Å². The number of nitrogens with one attached hydrogen (secondary N) is 1. The molecule has 1 aliphatic heterocycles. The molecule has 1 heterocycles. The SMILES string of the molecule is CO[C@@]1(COc2ccccc2F)CCCN(Cc2ccc(NC(C)=O)cc2)CC1. The van der Waals surface area contributed by atoms with Crippen molar-refractivity contribution in [1.29, 1.82) is 0 Å². The van der Waals surface area contributed by atoms with Crippen LogP contribution in [0.15, 0.2) is 48.5 Å². The number of ether oxygens (including phenoxy) is 2. The van der Waals surface area contributed by atoms with Crippen molar-refractivity contribution in [3.8, 4) is 5.75 Å². The molecule has 2 aromatic carbocycles. The summed E-state index contributed by atoms with van der Waals surface area (Å²) in [5, 5.41) is 2.79. The van der Waals surface area contributed by atoms with E-state index in [1.54, 1.807) is 25.3 Å². The number of methoxy groups -OCH3 is 1. The first-order valence-corrected chi connectivity index (χ1v) is 10.0. The standard InChI is InChI=1S/C23H29FN2O3/c1-18(27)25-20-10-8-19(9-11-20)16-26-14-5-12-23(28-2,13-15-26)17-29-22-7-4-3-6-21(22)24/h3-4,6-11H,5,12-17H2,1-2H3,(H,25,27)/t23-/m0/s1. The van der Waals surface area contributed by atoms with Gasteiger partial charge in [0.05, 0.1) is 0 Å². The van der Waals surface area contributed by atoms with E-state index < -0.39 is 5.60 Å². The van der Waals surface area contributed by atoms with E-state index in [4.69, 9.17) is 9.47 Å². The third kappa shape index (κ3) is 6.02. The summed E-state index contributed by atoms with van der Waals surface area (Å²) in [6, 6.07) is 14.4. The van der Waals surface area contributed by atoms with Gasteiger partial charge in [-0.3, -0.25) is 9.69 Å². The second kappa shape index (κ2) is 9.85. The largest absolute Gasteiger partial charge is 0.488 e. The molecule has 3 rings (SSSR count). The number of rotatable bonds is 7. The lowest BCUT2D eigenvalue weighted by Gasteiger charge is -2.31. The van der Waals surface area contributed by atoms with Crippen molar-refractivity contribution in [1.82, 2.24) is 4.90 Å². The Morgan fingerprint density at radius 2 is 1.90 bits per heavy atom. The van der Waals surface area contributed by atoms with Gasteiger partial charge in [0.2, 0.25) is 5.91 Å². The molecule has 2 aromatic rings. The number of carbonyl (C=O) groups is 1. The molecule has 29 heavy (non-hydrogen) atoms.